The van der Waals surface area contributed by atoms with Crippen LogP contribution >= 0.6 is 0 Å². The summed E-state index contributed by atoms with van der Waals surface area (Å²) in [4.78, 5) is 26.0. The lowest BCUT2D eigenvalue weighted by atomic mass is 9.56. The number of carbonyl (C=O) groups is 2. The number of carboxylic acids is 2. The fourth-order valence-corrected chi connectivity index (χ4v) is 5.71. The second-order valence-electron chi connectivity index (χ2n) is 11.4. The van der Waals surface area contributed by atoms with E-state index in [2.05, 4.69) is 0 Å². The maximum atomic E-state index is 13.0. The van der Waals surface area contributed by atoms with E-state index in [0.29, 0.717) is 0 Å². The molecule has 0 saturated carbocycles. The van der Waals surface area contributed by atoms with Crippen LogP contribution in [0.4, 0.5) is 0 Å². The van der Waals surface area contributed by atoms with Crippen LogP contribution in [-0.2, 0) is 9.59 Å². The van der Waals surface area contributed by atoms with Crippen LogP contribution in [0.25, 0.3) is 11.1 Å². The number of aliphatic carboxylic acids is 2. The lowest BCUT2D eigenvalue weighted by molar-refractivity contribution is -0.169. The molecule has 4 nitrogen and oxygen atoms in total. The van der Waals surface area contributed by atoms with Gasteiger partial charge in [0.25, 0.3) is 0 Å². The predicted molar refractivity (Wildman–Crippen MR) is 123 cm³/mol. The third kappa shape index (κ3) is 4.39. The van der Waals surface area contributed by atoms with Crippen LogP contribution in [0.15, 0.2) is 48.5 Å². The van der Waals surface area contributed by atoms with Crippen LogP contribution in [-0.4, -0.2) is 22.2 Å². The average molecular weight is 423 g/mol. The van der Waals surface area contributed by atoms with E-state index >= 15 is 0 Å². The van der Waals surface area contributed by atoms with Gasteiger partial charge < -0.3 is 10.2 Å². The fraction of sp³-hybridized carbons (Fsp3) is 0.481. The maximum Gasteiger partial charge on any atom is 0.310 e. The minimum atomic E-state index is -1.42. The molecule has 2 aromatic carbocycles. The summed E-state index contributed by atoms with van der Waals surface area (Å²) in [5, 5.41) is 21.3. The van der Waals surface area contributed by atoms with Crippen molar-refractivity contribution in [2.45, 2.75) is 60.3 Å². The molecule has 0 heterocycles. The molecule has 1 aliphatic carbocycles. The van der Waals surface area contributed by atoms with Gasteiger partial charge in [-0.1, -0.05) is 90.1 Å². The van der Waals surface area contributed by atoms with Gasteiger partial charge >= 0.3 is 11.9 Å². The monoisotopic (exact) mass is 422 g/mol. The minimum Gasteiger partial charge on any atom is -0.481 e. The molecule has 0 aromatic heterocycles. The number of hydrogen-bond donors (Lipinski definition) is 2. The van der Waals surface area contributed by atoms with Crippen LogP contribution in [0.3, 0.4) is 0 Å². The van der Waals surface area contributed by atoms with Crippen molar-refractivity contribution in [3.05, 3.63) is 59.7 Å². The second kappa shape index (κ2) is 7.81. The van der Waals surface area contributed by atoms with Crippen molar-refractivity contribution in [1.29, 1.82) is 0 Å². The van der Waals surface area contributed by atoms with Gasteiger partial charge in [-0.25, -0.2) is 0 Å². The Morgan fingerprint density at radius 3 is 1.48 bits per heavy atom. The molecule has 3 rings (SSSR count). The largest absolute Gasteiger partial charge is 0.481 e. The molecule has 1 aliphatic rings. The van der Waals surface area contributed by atoms with Crippen LogP contribution < -0.4 is 0 Å². The van der Waals surface area contributed by atoms with Gasteiger partial charge in [0.15, 0.2) is 0 Å². The molecule has 4 heteroatoms. The maximum absolute atomic E-state index is 13.0. The fourth-order valence-electron chi connectivity index (χ4n) is 5.71. The normalized spacial score (nSPS) is 15.3. The van der Waals surface area contributed by atoms with Crippen LogP contribution in [0.2, 0.25) is 0 Å². The number of carboxylic acid groups (broad SMARTS) is 2. The summed E-state index contributed by atoms with van der Waals surface area (Å²) in [6.07, 6.45) is 0.564. The summed E-state index contributed by atoms with van der Waals surface area (Å²) >= 11 is 0. The molecule has 166 valence electrons. The molecule has 0 spiro atoms. The zero-order chi connectivity index (χ0) is 23.2. The third-order valence-electron chi connectivity index (χ3n) is 6.19. The molecule has 0 saturated heterocycles. The molecule has 0 aliphatic heterocycles. The average Bonchev–Trinajstić information content (AvgIpc) is 2.93. The molecule has 31 heavy (non-hydrogen) atoms. The summed E-state index contributed by atoms with van der Waals surface area (Å²) in [5.41, 5.74) is 1.69. The number of rotatable bonds is 6. The van der Waals surface area contributed by atoms with Crippen LogP contribution in [0.1, 0.15) is 71.4 Å². The molecule has 0 radical (unpaired) electrons. The smallest absolute Gasteiger partial charge is 0.310 e. The summed E-state index contributed by atoms with van der Waals surface area (Å²) in [5.74, 6) is -3.67. The Labute approximate surface area is 185 Å². The van der Waals surface area contributed by atoms with E-state index < -0.39 is 29.2 Å². The van der Waals surface area contributed by atoms with Crippen LogP contribution in [0.5, 0.6) is 0 Å². The highest BCUT2D eigenvalue weighted by molar-refractivity contribution is 5.88. The van der Waals surface area contributed by atoms with Crippen molar-refractivity contribution >= 4 is 11.9 Å². The van der Waals surface area contributed by atoms with Gasteiger partial charge in [0, 0.05) is 5.92 Å². The topological polar surface area (TPSA) is 74.6 Å². The predicted octanol–water partition coefficient (Wildman–Crippen LogP) is 6.44. The standard InChI is InChI=1S/C27H34O4/c1-25(2,3)15-27(24(30)31,16-26(4,5)6)22(23(28)29)21-19-13-9-7-11-17(19)18-12-8-10-14-20(18)21/h7-14,21-22H,15-16H2,1-6H3,(H,28,29)(H,30,31). The zero-order valence-electron chi connectivity index (χ0n) is 19.4. The zero-order valence-corrected chi connectivity index (χ0v) is 19.4. The Morgan fingerprint density at radius 2 is 1.16 bits per heavy atom. The Balaban J connectivity index is 2.32. The van der Waals surface area contributed by atoms with E-state index in [1.807, 2.05) is 90.1 Å². The van der Waals surface area contributed by atoms with Crippen LogP contribution in [0, 0.1) is 22.2 Å². The highest BCUT2D eigenvalue weighted by Gasteiger charge is 2.57. The van der Waals surface area contributed by atoms with E-state index in [-0.39, 0.29) is 23.7 Å². The molecule has 0 amide bonds. The van der Waals surface area contributed by atoms with E-state index in [1.54, 1.807) is 0 Å². The molecule has 0 bridgehead atoms. The first kappa shape index (κ1) is 23.1. The lowest BCUT2D eigenvalue weighted by Crippen LogP contribution is -2.49. The summed E-state index contributed by atoms with van der Waals surface area (Å²) < 4.78 is 0. The van der Waals surface area contributed by atoms with Gasteiger partial charge in [0.2, 0.25) is 0 Å². The Hall–Kier alpha value is -2.62. The van der Waals surface area contributed by atoms with E-state index in [0.717, 1.165) is 22.3 Å². The van der Waals surface area contributed by atoms with Crippen molar-refractivity contribution in [2.24, 2.45) is 22.2 Å². The van der Waals surface area contributed by atoms with Crippen molar-refractivity contribution in [2.75, 3.05) is 0 Å². The molecular formula is C27H34O4. The first-order valence-electron chi connectivity index (χ1n) is 10.9. The van der Waals surface area contributed by atoms with E-state index in [4.69, 9.17) is 0 Å². The van der Waals surface area contributed by atoms with E-state index in [1.165, 1.54) is 0 Å². The highest BCUT2D eigenvalue weighted by Crippen LogP contribution is 2.57. The van der Waals surface area contributed by atoms with Crippen molar-refractivity contribution in [3.8, 4) is 11.1 Å². The van der Waals surface area contributed by atoms with Gasteiger partial charge in [0.05, 0.1) is 11.3 Å². The lowest BCUT2D eigenvalue weighted by Gasteiger charge is -2.45. The van der Waals surface area contributed by atoms with Gasteiger partial charge in [-0.05, 0) is 45.9 Å². The number of fused-ring (bicyclic) bond motifs is 3. The summed E-state index contributed by atoms with van der Waals surface area (Å²) in [6.45, 7) is 11.9. The number of hydrogen-bond acceptors (Lipinski definition) is 2. The SMILES string of the molecule is CC(C)(C)CC(CC(C)(C)C)(C(=O)O)C(C(=O)O)C1c2ccccc2-c2ccccc21. The third-order valence-corrected chi connectivity index (χ3v) is 6.19. The van der Waals surface area contributed by atoms with Crippen molar-refractivity contribution in [1.82, 2.24) is 0 Å². The molecule has 2 N–H and O–H groups in total. The van der Waals surface area contributed by atoms with E-state index in [9.17, 15) is 19.8 Å². The molecule has 0 fully saturated rings. The van der Waals surface area contributed by atoms with Crippen molar-refractivity contribution in [3.63, 3.8) is 0 Å². The quantitative estimate of drug-likeness (QED) is 0.561. The van der Waals surface area contributed by atoms with Gasteiger partial charge in [0.1, 0.15) is 0 Å². The molecule has 2 aromatic rings. The molecular weight excluding hydrogens is 388 g/mol. The minimum absolute atomic E-state index is 0.282. The number of benzene rings is 2. The highest BCUT2D eigenvalue weighted by atomic mass is 16.4. The van der Waals surface area contributed by atoms with Gasteiger partial charge in [-0.3, -0.25) is 9.59 Å². The second-order valence-corrected chi connectivity index (χ2v) is 11.4. The summed E-state index contributed by atoms with van der Waals surface area (Å²) in [6, 6.07) is 15.6. The first-order valence-corrected chi connectivity index (χ1v) is 10.9. The molecule has 1 atom stereocenters. The summed E-state index contributed by atoms with van der Waals surface area (Å²) in [7, 11) is 0. The van der Waals surface area contributed by atoms with Gasteiger partial charge in [-0.2, -0.15) is 0 Å². The van der Waals surface area contributed by atoms with Gasteiger partial charge in [-0.15, -0.1) is 0 Å². The first-order chi connectivity index (χ1) is 14.3. The Kier molecular flexibility index (Phi) is 5.81. The Morgan fingerprint density at radius 1 is 0.774 bits per heavy atom. The Bertz CT molecular complexity index is 929. The van der Waals surface area contributed by atoms with Crippen molar-refractivity contribution < 1.29 is 19.8 Å². The molecule has 1 unspecified atom stereocenters.